The molecule has 1 aromatic heterocycles. The van der Waals surface area contributed by atoms with Gasteiger partial charge in [-0.05, 0) is 0 Å². The quantitative estimate of drug-likeness (QED) is 0.487. The topological polar surface area (TPSA) is 51.2 Å². The molecule has 0 saturated carbocycles. The molecule has 0 radical (unpaired) electrons. The number of aromatic nitrogens is 1. The molecule has 5 heteroatoms. The lowest BCUT2D eigenvalue weighted by Gasteiger charge is -2.08. The fourth-order valence-electron chi connectivity index (χ4n) is 1.23. The maximum absolute atomic E-state index is 11.8. The number of amides is 1. The molecule has 1 aromatic rings. The first kappa shape index (κ1) is 12.4. The van der Waals surface area contributed by atoms with E-state index in [0.29, 0.717) is 22.9 Å². The van der Waals surface area contributed by atoms with Crippen molar-refractivity contribution >= 4 is 22.4 Å². The van der Waals surface area contributed by atoms with Gasteiger partial charge in [0.05, 0.1) is 12.7 Å². The van der Waals surface area contributed by atoms with Gasteiger partial charge in [-0.25, -0.2) is 4.98 Å². The fraction of sp³-hybridized carbons (Fsp3) is 0.273. The smallest absolute Gasteiger partial charge is 0.260 e. The summed E-state index contributed by atoms with van der Waals surface area (Å²) in [5.74, 6) is 0.368. The zero-order chi connectivity index (χ0) is 12.0. The third-order valence-corrected chi connectivity index (χ3v) is 2.66. The van der Waals surface area contributed by atoms with E-state index in [9.17, 15) is 4.79 Å². The molecule has 16 heavy (non-hydrogen) atoms. The third kappa shape index (κ3) is 2.93. The number of hydrogen-bond donors (Lipinski definition) is 1. The molecule has 1 rings (SSSR count). The maximum Gasteiger partial charge on any atom is 0.260 e. The van der Waals surface area contributed by atoms with E-state index in [1.54, 1.807) is 18.7 Å². The highest BCUT2D eigenvalue weighted by Crippen LogP contribution is 2.15. The average molecular weight is 238 g/mol. The van der Waals surface area contributed by atoms with Crippen LogP contribution in [0.2, 0.25) is 0 Å². The molecule has 0 aromatic carbocycles. The highest BCUT2D eigenvalue weighted by atomic mass is 32.1. The number of rotatable bonds is 5. The summed E-state index contributed by atoms with van der Waals surface area (Å²) in [6.07, 6.45) is 3.77. The van der Waals surface area contributed by atoms with E-state index in [-0.39, 0.29) is 5.91 Å². The molecule has 86 valence electrons. The van der Waals surface area contributed by atoms with E-state index in [1.165, 1.54) is 17.4 Å². The Bertz CT molecular complexity index is 390. The fourth-order valence-corrected chi connectivity index (χ4v) is 1.75. The summed E-state index contributed by atoms with van der Waals surface area (Å²) in [6, 6.07) is 0. The summed E-state index contributed by atoms with van der Waals surface area (Å²) in [5.41, 5.74) is 0.445. The molecule has 4 nitrogen and oxygen atoms in total. The second kappa shape index (κ2) is 6.07. The summed E-state index contributed by atoms with van der Waals surface area (Å²) in [7, 11) is 1.54. The van der Waals surface area contributed by atoms with Crippen molar-refractivity contribution < 1.29 is 9.53 Å². The first-order valence-electron chi connectivity index (χ1n) is 4.83. The summed E-state index contributed by atoms with van der Waals surface area (Å²) < 4.78 is 5.12. The lowest BCUT2D eigenvalue weighted by Crippen LogP contribution is -2.15. The molecule has 0 aliphatic heterocycles. The van der Waals surface area contributed by atoms with Crippen molar-refractivity contribution in [2.75, 3.05) is 12.4 Å². The normalized spacial score (nSPS) is 11.6. The maximum atomic E-state index is 11.8. The largest absolute Gasteiger partial charge is 0.500 e. The predicted molar refractivity (Wildman–Crippen MR) is 65.3 cm³/mol. The van der Waals surface area contributed by atoms with Crippen molar-refractivity contribution in [3.63, 3.8) is 0 Å². The molecule has 0 saturated heterocycles. The molecular formula is C11H14N2O2S. The number of nitrogens with one attached hydrogen (secondary N) is 1. The van der Waals surface area contributed by atoms with Crippen molar-refractivity contribution in [2.45, 2.75) is 13.3 Å². The standard InChI is InChI=1S/C11H14N2O2S/c1-4-8(9(5-2)15-3)10(14)13-11-12-6-7-16-11/h4,6-7H,1,5H2,2-3H3,(H,12,13,14)/b9-8+. The molecule has 1 N–H and O–H groups in total. The summed E-state index contributed by atoms with van der Waals surface area (Å²) in [6.45, 7) is 5.53. The first-order chi connectivity index (χ1) is 7.72. The Balaban J connectivity index is 2.85. The van der Waals surface area contributed by atoms with E-state index < -0.39 is 0 Å². The van der Waals surface area contributed by atoms with E-state index >= 15 is 0 Å². The van der Waals surface area contributed by atoms with Crippen molar-refractivity contribution in [1.82, 2.24) is 4.98 Å². The second-order valence-corrected chi connectivity index (χ2v) is 3.78. The summed E-state index contributed by atoms with van der Waals surface area (Å²) in [5, 5.41) is 5.04. The number of nitrogens with zero attached hydrogens (tertiary/aromatic N) is 1. The molecular weight excluding hydrogens is 224 g/mol. The van der Waals surface area contributed by atoms with Crippen LogP contribution in [0.1, 0.15) is 13.3 Å². The number of methoxy groups -OCH3 is 1. The van der Waals surface area contributed by atoms with Crippen molar-refractivity contribution in [3.05, 3.63) is 35.6 Å². The molecule has 0 bridgehead atoms. The number of carbonyl (C=O) groups excluding carboxylic acids is 1. The van der Waals surface area contributed by atoms with E-state index in [0.717, 1.165) is 0 Å². The van der Waals surface area contributed by atoms with Gasteiger partial charge in [0, 0.05) is 18.0 Å². The van der Waals surface area contributed by atoms with Crippen LogP contribution in [0.25, 0.3) is 0 Å². The van der Waals surface area contributed by atoms with Crippen LogP contribution in [0.5, 0.6) is 0 Å². The minimum Gasteiger partial charge on any atom is -0.500 e. The van der Waals surface area contributed by atoms with Crippen LogP contribution < -0.4 is 5.32 Å². The predicted octanol–water partition coefficient (Wildman–Crippen LogP) is 2.58. The van der Waals surface area contributed by atoms with E-state index in [1.807, 2.05) is 6.92 Å². The molecule has 0 atom stereocenters. The molecule has 0 aliphatic carbocycles. The Kier molecular flexibility index (Phi) is 4.72. The summed E-state index contributed by atoms with van der Waals surface area (Å²) in [4.78, 5) is 15.8. The molecule has 0 unspecified atom stereocenters. The minimum absolute atomic E-state index is 0.247. The van der Waals surface area contributed by atoms with Gasteiger partial charge in [-0.2, -0.15) is 0 Å². The lowest BCUT2D eigenvalue weighted by molar-refractivity contribution is -0.112. The van der Waals surface area contributed by atoms with Crippen molar-refractivity contribution in [3.8, 4) is 0 Å². The molecule has 0 spiro atoms. The molecule has 1 amide bonds. The van der Waals surface area contributed by atoms with Gasteiger partial charge in [-0.3, -0.25) is 10.1 Å². The highest BCUT2D eigenvalue weighted by Gasteiger charge is 2.13. The Morgan fingerprint density at radius 3 is 2.94 bits per heavy atom. The van der Waals surface area contributed by atoms with Crippen molar-refractivity contribution in [2.24, 2.45) is 0 Å². The Morgan fingerprint density at radius 1 is 1.75 bits per heavy atom. The Hall–Kier alpha value is -1.62. The van der Waals surface area contributed by atoms with Crippen LogP contribution in [-0.4, -0.2) is 18.0 Å². The average Bonchev–Trinajstić information content (AvgIpc) is 2.78. The van der Waals surface area contributed by atoms with Gasteiger partial charge in [0.2, 0.25) is 0 Å². The number of anilines is 1. The number of thiazole rings is 1. The van der Waals surface area contributed by atoms with Crippen LogP contribution in [-0.2, 0) is 9.53 Å². The number of allylic oxidation sites excluding steroid dienone is 1. The van der Waals surface area contributed by atoms with Gasteiger partial charge < -0.3 is 4.74 Å². The minimum atomic E-state index is -0.247. The molecule has 0 fully saturated rings. The van der Waals surface area contributed by atoms with E-state index in [4.69, 9.17) is 4.74 Å². The number of ether oxygens (including phenoxy) is 1. The van der Waals surface area contributed by atoms with Crippen LogP contribution in [0.15, 0.2) is 35.6 Å². The van der Waals surface area contributed by atoms with Gasteiger partial charge >= 0.3 is 0 Å². The number of hydrogen-bond acceptors (Lipinski definition) is 4. The molecule has 1 heterocycles. The van der Waals surface area contributed by atoms with Gasteiger partial charge in [0.25, 0.3) is 5.91 Å². The lowest BCUT2D eigenvalue weighted by atomic mass is 10.2. The van der Waals surface area contributed by atoms with E-state index in [2.05, 4.69) is 16.9 Å². The Morgan fingerprint density at radius 2 is 2.50 bits per heavy atom. The van der Waals surface area contributed by atoms with Crippen LogP contribution >= 0.6 is 11.3 Å². The van der Waals surface area contributed by atoms with Gasteiger partial charge in [-0.1, -0.05) is 19.6 Å². The first-order valence-corrected chi connectivity index (χ1v) is 5.71. The zero-order valence-electron chi connectivity index (χ0n) is 9.32. The van der Waals surface area contributed by atoms with Gasteiger partial charge in [0.15, 0.2) is 5.13 Å². The number of carbonyl (C=O) groups is 1. The third-order valence-electron chi connectivity index (χ3n) is 1.97. The van der Waals surface area contributed by atoms with Gasteiger partial charge in [0.1, 0.15) is 5.76 Å². The zero-order valence-corrected chi connectivity index (χ0v) is 10.1. The monoisotopic (exact) mass is 238 g/mol. The SMILES string of the molecule is C=C/C(C(=O)Nc1nccs1)=C(/CC)OC. The Labute approximate surface area is 98.7 Å². The summed E-state index contributed by atoms with van der Waals surface area (Å²) >= 11 is 1.37. The second-order valence-electron chi connectivity index (χ2n) is 2.89. The molecule has 0 aliphatic rings. The van der Waals surface area contributed by atoms with Crippen molar-refractivity contribution in [1.29, 1.82) is 0 Å². The van der Waals surface area contributed by atoms with Crippen LogP contribution in [0.3, 0.4) is 0 Å². The van der Waals surface area contributed by atoms with Crippen LogP contribution in [0, 0.1) is 0 Å². The van der Waals surface area contributed by atoms with Gasteiger partial charge in [-0.15, -0.1) is 11.3 Å². The van der Waals surface area contributed by atoms with Crippen LogP contribution in [0.4, 0.5) is 5.13 Å². The highest BCUT2D eigenvalue weighted by molar-refractivity contribution is 7.13.